The molecule has 1 aromatic heterocycles. The van der Waals surface area contributed by atoms with Crippen LogP contribution in [0.15, 0.2) is 6.20 Å². The standard InChI is InChI=1S/C13H22N2OS/c1-14-7-4-6-12-10-15-13(17-12)9-11-5-2-3-8-16-11/h10-11,14H,2-9H2,1H3. The number of nitrogens with one attached hydrogen (secondary N) is 1. The molecule has 1 aliphatic rings. The van der Waals surface area contributed by atoms with E-state index in [1.165, 1.54) is 35.6 Å². The Kier molecular flexibility index (Phi) is 5.42. The molecule has 1 atom stereocenters. The van der Waals surface area contributed by atoms with Gasteiger partial charge < -0.3 is 10.1 Å². The molecule has 0 aromatic carbocycles. The van der Waals surface area contributed by atoms with Crippen molar-refractivity contribution in [1.29, 1.82) is 0 Å². The number of aryl methyl sites for hydroxylation is 1. The maximum atomic E-state index is 5.75. The van der Waals surface area contributed by atoms with Crippen LogP contribution in [-0.2, 0) is 17.6 Å². The first-order valence-electron chi connectivity index (χ1n) is 6.58. The van der Waals surface area contributed by atoms with Crippen LogP contribution in [0.3, 0.4) is 0 Å². The van der Waals surface area contributed by atoms with Crippen LogP contribution in [0.4, 0.5) is 0 Å². The van der Waals surface area contributed by atoms with Crippen molar-refractivity contribution in [2.75, 3.05) is 20.2 Å². The fourth-order valence-electron chi connectivity index (χ4n) is 2.16. The Morgan fingerprint density at radius 3 is 3.24 bits per heavy atom. The van der Waals surface area contributed by atoms with E-state index < -0.39 is 0 Å². The van der Waals surface area contributed by atoms with Gasteiger partial charge in [-0.05, 0) is 45.7 Å². The number of hydrogen-bond donors (Lipinski definition) is 1. The maximum Gasteiger partial charge on any atom is 0.0953 e. The summed E-state index contributed by atoms with van der Waals surface area (Å²) in [4.78, 5) is 5.92. The lowest BCUT2D eigenvalue weighted by Crippen LogP contribution is -2.21. The molecule has 1 unspecified atom stereocenters. The molecular weight excluding hydrogens is 232 g/mol. The van der Waals surface area contributed by atoms with Crippen molar-refractivity contribution in [2.24, 2.45) is 0 Å². The molecule has 1 saturated heterocycles. The van der Waals surface area contributed by atoms with Gasteiger partial charge >= 0.3 is 0 Å². The van der Waals surface area contributed by atoms with Crippen LogP contribution in [0.5, 0.6) is 0 Å². The SMILES string of the molecule is CNCCCc1cnc(CC2CCCCO2)s1. The van der Waals surface area contributed by atoms with E-state index in [1.54, 1.807) is 0 Å². The summed E-state index contributed by atoms with van der Waals surface area (Å²) >= 11 is 1.86. The zero-order chi connectivity index (χ0) is 11.9. The highest BCUT2D eigenvalue weighted by atomic mass is 32.1. The lowest BCUT2D eigenvalue weighted by molar-refractivity contribution is 0.0168. The van der Waals surface area contributed by atoms with Crippen LogP contribution in [0.2, 0.25) is 0 Å². The van der Waals surface area contributed by atoms with Crippen molar-refractivity contribution in [3.05, 3.63) is 16.1 Å². The third kappa shape index (κ3) is 4.37. The quantitative estimate of drug-likeness (QED) is 0.792. The Morgan fingerprint density at radius 2 is 2.47 bits per heavy atom. The highest BCUT2D eigenvalue weighted by Crippen LogP contribution is 2.21. The lowest BCUT2D eigenvalue weighted by Gasteiger charge is -2.21. The van der Waals surface area contributed by atoms with Gasteiger partial charge in [-0.3, -0.25) is 0 Å². The van der Waals surface area contributed by atoms with Crippen LogP contribution < -0.4 is 5.32 Å². The summed E-state index contributed by atoms with van der Waals surface area (Å²) < 4.78 is 5.75. The average Bonchev–Trinajstić information content (AvgIpc) is 2.79. The monoisotopic (exact) mass is 254 g/mol. The van der Waals surface area contributed by atoms with Crippen molar-refractivity contribution < 1.29 is 4.74 Å². The molecule has 1 N–H and O–H groups in total. The lowest BCUT2D eigenvalue weighted by atomic mass is 10.1. The Bertz CT molecular complexity index is 321. The van der Waals surface area contributed by atoms with Gasteiger partial charge in [0.1, 0.15) is 0 Å². The van der Waals surface area contributed by atoms with Gasteiger partial charge in [0.05, 0.1) is 11.1 Å². The van der Waals surface area contributed by atoms with Gasteiger partial charge in [0.25, 0.3) is 0 Å². The molecule has 1 aliphatic heterocycles. The number of rotatable bonds is 6. The van der Waals surface area contributed by atoms with Gasteiger partial charge in [-0.2, -0.15) is 0 Å². The summed E-state index contributed by atoms with van der Waals surface area (Å²) in [7, 11) is 2.00. The van der Waals surface area contributed by atoms with E-state index >= 15 is 0 Å². The normalized spacial score (nSPS) is 20.6. The molecule has 0 radical (unpaired) electrons. The first-order valence-corrected chi connectivity index (χ1v) is 7.40. The Morgan fingerprint density at radius 1 is 1.53 bits per heavy atom. The zero-order valence-corrected chi connectivity index (χ0v) is 11.4. The van der Waals surface area contributed by atoms with Crippen molar-refractivity contribution in [3.8, 4) is 0 Å². The molecule has 17 heavy (non-hydrogen) atoms. The van der Waals surface area contributed by atoms with Crippen LogP contribution in [0, 0.1) is 0 Å². The minimum Gasteiger partial charge on any atom is -0.378 e. The smallest absolute Gasteiger partial charge is 0.0953 e. The van der Waals surface area contributed by atoms with Gasteiger partial charge in [0.15, 0.2) is 0 Å². The molecule has 2 heterocycles. The molecule has 0 saturated carbocycles. The highest BCUT2D eigenvalue weighted by molar-refractivity contribution is 7.11. The van der Waals surface area contributed by atoms with E-state index in [0.29, 0.717) is 6.10 Å². The highest BCUT2D eigenvalue weighted by Gasteiger charge is 2.16. The van der Waals surface area contributed by atoms with Crippen LogP contribution in [0.25, 0.3) is 0 Å². The Balaban J connectivity index is 1.76. The molecule has 1 aromatic rings. The molecule has 2 rings (SSSR count). The molecular formula is C13H22N2OS. The summed E-state index contributed by atoms with van der Waals surface area (Å²) in [5.74, 6) is 0. The second-order valence-corrected chi connectivity index (χ2v) is 5.82. The van der Waals surface area contributed by atoms with E-state index in [1.807, 2.05) is 24.6 Å². The van der Waals surface area contributed by atoms with Crippen molar-refractivity contribution >= 4 is 11.3 Å². The van der Waals surface area contributed by atoms with E-state index in [-0.39, 0.29) is 0 Å². The van der Waals surface area contributed by atoms with E-state index in [4.69, 9.17) is 4.74 Å². The predicted molar refractivity (Wildman–Crippen MR) is 71.7 cm³/mol. The Labute approximate surface area is 108 Å². The van der Waals surface area contributed by atoms with E-state index in [0.717, 1.165) is 26.0 Å². The molecule has 96 valence electrons. The van der Waals surface area contributed by atoms with Gasteiger partial charge in [-0.15, -0.1) is 11.3 Å². The Hall–Kier alpha value is -0.450. The number of nitrogens with zero attached hydrogens (tertiary/aromatic N) is 1. The fraction of sp³-hybridized carbons (Fsp3) is 0.769. The predicted octanol–water partition coefficient (Wildman–Crippen LogP) is 2.41. The van der Waals surface area contributed by atoms with Crippen molar-refractivity contribution in [2.45, 2.75) is 44.6 Å². The summed E-state index contributed by atoms with van der Waals surface area (Å²) in [6.45, 7) is 2.02. The molecule has 0 amide bonds. The van der Waals surface area contributed by atoms with Crippen molar-refractivity contribution in [3.63, 3.8) is 0 Å². The third-order valence-corrected chi connectivity index (χ3v) is 4.21. The summed E-state index contributed by atoms with van der Waals surface area (Å²) in [5, 5.41) is 4.42. The summed E-state index contributed by atoms with van der Waals surface area (Å²) in [6.07, 6.45) is 9.54. The molecule has 0 bridgehead atoms. The van der Waals surface area contributed by atoms with Crippen LogP contribution in [0.1, 0.15) is 35.6 Å². The first kappa shape index (κ1) is 13.0. The topological polar surface area (TPSA) is 34.2 Å². The number of aromatic nitrogens is 1. The fourth-order valence-corrected chi connectivity index (χ4v) is 3.19. The second kappa shape index (κ2) is 7.09. The van der Waals surface area contributed by atoms with Gasteiger partial charge in [0, 0.05) is 24.1 Å². The maximum absolute atomic E-state index is 5.75. The van der Waals surface area contributed by atoms with Gasteiger partial charge in [0.2, 0.25) is 0 Å². The largest absolute Gasteiger partial charge is 0.378 e. The van der Waals surface area contributed by atoms with Crippen LogP contribution >= 0.6 is 11.3 Å². The molecule has 1 fully saturated rings. The minimum absolute atomic E-state index is 0.417. The minimum atomic E-state index is 0.417. The van der Waals surface area contributed by atoms with E-state index in [9.17, 15) is 0 Å². The third-order valence-electron chi connectivity index (χ3n) is 3.13. The van der Waals surface area contributed by atoms with Gasteiger partial charge in [-0.25, -0.2) is 4.98 Å². The molecule has 0 aliphatic carbocycles. The molecule has 4 heteroatoms. The number of ether oxygens (including phenoxy) is 1. The number of thiazole rings is 1. The summed E-state index contributed by atoms with van der Waals surface area (Å²) in [5.41, 5.74) is 0. The first-order chi connectivity index (χ1) is 8.38. The molecule has 3 nitrogen and oxygen atoms in total. The number of hydrogen-bond acceptors (Lipinski definition) is 4. The molecule has 0 spiro atoms. The average molecular weight is 254 g/mol. The zero-order valence-electron chi connectivity index (χ0n) is 10.6. The van der Waals surface area contributed by atoms with E-state index in [2.05, 4.69) is 10.3 Å². The second-order valence-electron chi connectivity index (χ2n) is 4.62. The summed E-state index contributed by atoms with van der Waals surface area (Å²) in [6, 6.07) is 0. The van der Waals surface area contributed by atoms with Crippen molar-refractivity contribution in [1.82, 2.24) is 10.3 Å². The van der Waals surface area contributed by atoms with Crippen LogP contribution in [-0.4, -0.2) is 31.3 Å². The van der Waals surface area contributed by atoms with Gasteiger partial charge in [-0.1, -0.05) is 0 Å².